The number of aldehydes is 1. The van der Waals surface area contributed by atoms with Gasteiger partial charge < -0.3 is 10.1 Å². The van der Waals surface area contributed by atoms with Gasteiger partial charge in [0.25, 0.3) is 5.91 Å². The molecule has 0 aliphatic carbocycles. The summed E-state index contributed by atoms with van der Waals surface area (Å²) in [5, 5.41) is 2.79. The fourth-order valence-electron chi connectivity index (χ4n) is 2.16. The van der Waals surface area contributed by atoms with E-state index in [0.717, 1.165) is 18.4 Å². The Hall–Kier alpha value is -2.62. The van der Waals surface area contributed by atoms with Crippen LogP contribution in [0, 0.1) is 0 Å². The highest BCUT2D eigenvalue weighted by atomic mass is 16.5. The average Bonchev–Trinajstić information content (AvgIpc) is 2.59. The molecule has 0 saturated carbocycles. The third kappa shape index (κ3) is 5.58. The lowest BCUT2D eigenvalue weighted by molar-refractivity contribution is -0.118. The van der Waals surface area contributed by atoms with Gasteiger partial charge in [-0.25, -0.2) is 0 Å². The molecule has 23 heavy (non-hydrogen) atoms. The monoisotopic (exact) mass is 311 g/mol. The lowest BCUT2D eigenvalue weighted by Gasteiger charge is -2.08. The number of hydrogen-bond acceptors (Lipinski definition) is 3. The third-order valence-corrected chi connectivity index (χ3v) is 3.42. The van der Waals surface area contributed by atoms with E-state index in [1.54, 1.807) is 24.3 Å². The lowest BCUT2D eigenvalue weighted by Crippen LogP contribution is -2.20. The van der Waals surface area contributed by atoms with Crippen LogP contribution in [0.25, 0.3) is 0 Å². The molecular weight excluding hydrogens is 290 g/mol. The number of amides is 1. The van der Waals surface area contributed by atoms with Crippen LogP contribution in [-0.4, -0.2) is 18.8 Å². The van der Waals surface area contributed by atoms with Crippen molar-refractivity contribution < 1.29 is 14.3 Å². The highest BCUT2D eigenvalue weighted by Crippen LogP contribution is 2.13. The van der Waals surface area contributed by atoms with Crippen molar-refractivity contribution in [3.63, 3.8) is 0 Å². The van der Waals surface area contributed by atoms with E-state index in [0.29, 0.717) is 11.3 Å². The van der Waals surface area contributed by atoms with Crippen molar-refractivity contribution in [2.45, 2.75) is 26.2 Å². The maximum atomic E-state index is 11.9. The normalized spacial score (nSPS) is 10.1. The van der Waals surface area contributed by atoms with Crippen molar-refractivity contribution >= 4 is 17.9 Å². The second-order valence-corrected chi connectivity index (χ2v) is 5.33. The summed E-state index contributed by atoms with van der Waals surface area (Å²) in [7, 11) is 0. The van der Waals surface area contributed by atoms with Crippen LogP contribution in [0.2, 0.25) is 0 Å². The highest BCUT2D eigenvalue weighted by Gasteiger charge is 2.04. The summed E-state index contributed by atoms with van der Waals surface area (Å²) in [6, 6.07) is 14.6. The third-order valence-electron chi connectivity index (χ3n) is 3.42. The number of unbranched alkanes of at least 4 members (excludes halogenated alkanes) is 1. The molecule has 2 rings (SSSR count). The Bertz CT molecular complexity index is 650. The van der Waals surface area contributed by atoms with Crippen molar-refractivity contribution in [1.29, 1.82) is 0 Å². The smallest absolute Gasteiger partial charge is 0.262 e. The summed E-state index contributed by atoms with van der Waals surface area (Å²) < 4.78 is 5.39. The van der Waals surface area contributed by atoms with Crippen LogP contribution >= 0.6 is 0 Å². The van der Waals surface area contributed by atoms with E-state index in [9.17, 15) is 9.59 Å². The van der Waals surface area contributed by atoms with Crippen molar-refractivity contribution in [2.75, 3.05) is 11.9 Å². The van der Waals surface area contributed by atoms with Gasteiger partial charge in [0.1, 0.15) is 12.0 Å². The van der Waals surface area contributed by atoms with Crippen LogP contribution in [0.1, 0.15) is 35.7 Å². The molecule has 1 N–H and O–H groups in total. The first kappa shape index (κ1) is 16.7. The van der Waals surface area contributed by atoms with Crippen molar-refractivity contribution in [1.82, 2.24) is 0 Å². The lowest BCUT2D eigenvalue weighted by atomic mass is 10.1. The molecule has 2 aromatic rings. The molecule has 0 radical (unpaired) electrons. The van der Waals surface area contributed by atoms with Gasteiger partial charge in [0.05, 0.1) is 0 Å². The standard InChI is InChI=1S/C19H21NO3/c1-2-3-5-15-8-10-17(11-9-15)20-19(22)14-23-18-7-4-6-16(12-18)13-21/h4,6-13H,2-3,5,14H2,1H3,(H,20,22). The Morgan fingerprint density at radius 3 is 2.65 bits per heavy atom. The molecule has 0 heterocycles. The number of nitrogens with one attached hydrogen (secondary N) is 1. The van der Waals surface area contributed by atoms with Gasteiger partial charge in [0, 0.05) is 11.3 Å². The van der Waals surface area contributed by atoms with Crippen LogP contribution in [0.3, 0.4) is 0 Å². The predicted molar refractivity (Wildman–Crippen MR) is 91.0 cm³/mol. The molecule has 0 spiro atoms. The Balaban J connectivity index is 1.83. The molecule has 0 atom stereocenters. The van der Waals surface area contributed by atoms with Crippen LogP contribution in [0.4, 0.5) is 5.69 Å². The maximum Gasteiger partial charge on any atom is 0.262 e. The molecule has 120 valence electrons. The summed E-state index contributed by atoms with van der Waals surface area (Å²) >= 11 is 0. The minimum Gasteiger partial charge on any atom is -0.484 e. The van der Waals surface area contributed by atoms with Crippen molar-refractivity contribution in [3.8, 4) is 5.75 Å². The zero-order valence-electron chi connectivity index (χ0n) is 13.2. The Morgan fingerprint density at radius 1 is 1.17 bits per heavy atom. The van der Waals surface area contributed by atoms with Crippen molar-refractivity contribution in [3.05, 3.63) is 59.7 Å². The topological polar surface area (TPSA) is 55.4 Å². The van der Waals surface area contributed by atoms with E-state index in [1.165, 1.54) is 18.4 Å². The van der Waals surface area contributed by atoms with E-state index < -0.39 is 0 Å². The van der Waals surface area contributed by atoms with Gasteiger partial charge in [-0.3, -0.25) is 9.59 Å². The molecule has 4 heteroatoms. The fraction of sp³-hybridized carbons (Fsp3) is 0.263. The van der Waals surface area contributed by atoms with E-state index in [2.05, 4.69) is 12.2 Å². The van der Waals surface area contributed by atoms with E-state index in [1.807, 2.05) is 24.3 Å². The van der Waals surface area contributed by atoms with Crippen molar-refractivity contribution in [2.24, 2.45) is 0 Å². The number of carbonyl (C=O) groups is 2. The molecule has 0 bridgehead atoms. The van der Waals surface area contributed by atoms with Gasteiger partial charge in [-0.1, -0.05) is 37.6 Å². The largest absolute Gasteiger partial charge is 0.484 e. The second kappa shape index (κ2) is 8.73. The molecule has 1 amide bonds. The maximum absolute atomic E-state index is 11.9. The number of ether oxygens (including phenoxy) is 1. The van der Waals surface area contributed by atoms with Crippen LogP contribution in [0.15, 0.2) is 48.5 Å². The molecule has 2 aromatic carbocycles. The van der Waals surface area contributed by atoms with Gasteiger partial charge in [0.2, 0.25) is 0 Å². The molecule has 0 fully saturated rings. The molecule has 0 aliphatic rings. The highest BCUT2D eigenvalue weighted by molar-refractivity contribution is 5.91. The molecular formula is C19H21NO3. The molecule has 4 nitrogen and oxygen atoms in total. The number of carbonyl (C=O) groups excluding carboxylic acids is 2. The number of aryl methyl sites for hydroxylation is 1. The SMILES string of the molecule is CCCCc1ccc(NC(=O)COc2cccc(C=O)c2)cc1. The van der Waals surface area contributed by atoms with E-state index in [4.69, 9.17) is 4.74 Å². The molecule has 0 aliphatic heterocycles. The fourth-order valence-corrected chi connectivity index (χ4v) is 2.16. The van der Waals surface area contributed by atoms with Gasteiger partial charge >= 0.3 is 0 Å². The van der Waals surface area contributed by atoms with Gasteiger partial charge in [0.15, 0.2) is 6.61 Å². The van der Waals surface area contributed by atoms with Gasteiger partial charge in [-0.2, -0.15) is 0 Å². The van der Waals surface area contributed by atoms with E-state index in [-0.39, 0.29) is 12.5 Å². The summed E-state index contributed by atoms with van der Waals surface area (Å²) in [5.41, 5.74) is 2.54. The Labute approximate surface area is 136 Å². The van der Waals surface area contributed by atoms with Crippen LogP contribution < -0.4 is 10.1 Å². The summed E-state index contributed by atoms with van der Waals surface area (Å²) in [4.78, 5) is 22.6. The number of rotatable bonds is 8. The zero-order chi connectivity index (χ0) is 16.5. The first-order chi connectivity index (χ1) is 11.2. The van der Waals surface area contributed by atoms with E-state index >= 15 is 0 Å². The van der Waals surface area contributed by atoms with Gasteiger partial charge in [-0.05, 0) is 42.7 Å². The summed E-state index contributed by atoms with van der Waals surface area (Å²) in [6.45, 7) is 2.07. The van der Waals surface area contributed by atoms with Crippen LogP contribution in [0.5, 0.6) is 5.75 Å². The van der Waals surface area contributed by atoms with Gasteiger partial charge in [-0.15, -0.1) is 0 Å². The quantitative estimate of drug-likeness (QED) is 0.753. The average molecular weight is 311 g/mol. The molecule has 0 saturated heterocycles. The first-order valence-corrected chi connectivity index (χ1v) is 7.78. The zero-order valence-corrected chi connectivity index (χ0v) is 13.2. The first-order valence-electron chi connectivity index (χ1n) is 7.78. The summed E-state index contributed by atoms with van der Waals surface area (Å²) in [5.74, 6) is 0.266. The molecule has 0 aromatic heterocycles. The second-order valence-electron chi connectivity index (χ2n) is 5.33. The Morgan fingerprint density at radius 2 is 1.96 bits per heavy atom. The minimum atomic E-state index is -0.234. The number of hydrogen-bond donors (Lipinski definition) is 1. The Kier molecular flexibility index (Phi) is 6.36. The number of anilines is 1. The minimum absolute atomic E-state index is 0.0973. The molecule has 0 unspecified atom stereocenters. The summed E-state index contributed by atoms with van der Waals surface area (Å²) in [6.07, 6.45) is 4.13. The van der Waals surface area contributed by atoms with Crippen LogP contribution in [-0.2, 0) is 11.2 Å². The number of benzene rings is 2. The predicted octanol–water partition coefficient (Wildman–Crippen LogP) is 3.86.